The number of amides is 1. The van der Waals surface area contributed by atoms with Gasteiger partial charge in [0.25, 0.3) is 0 Å². The van der Waals surface area contributed by atoms with Crippen LogP contribution in [-0.2, 0) is 4.79 Å². The zero-order valence-corrected chi connectivity index (χ0v) is 14.9. The average molecular weight is 374 g/mol. The lowest BCUT2D eigenvalue weighted by Crippen LogP contribution is -2.70. The minimum atomic E-state index is -0.952. The van der Waals surface area contributed by atoms with Crippen LogP contribution in [0.4, 0.5) is 5.69 Å². The van der Waals surface area contributed by atoms with Crippen molar-refractivity contribution < 1.29 is 9.53 Å². The first kappa shape index (κ1) is 16.2. The molecule has 2 aliphatic heterocycles. The Morgan fingerprint density at radius 3 is 2.76 bits per heavy atom. The molecule has 1 fully saturated rings. The molecule has 2 aromatic rings. The van der Waals surface area contributed by atoms with Gasteiger partial charge in [0.1, 0.15) is 11.7 Å². The second-order valence-electron chi connectivity index (χ2n) is 6.27. The lowest BCUT2D eigenvalue weighted by Gasteiger charge is -2.50. The van der Waals surface area contributed by atoms with E-state index in [1.807, 2.05) is 43.3 Å². The molecule has 2 heterocycles. The highest BCUT2D eigenvalue weighted by Crippen LogP contribution is 2.45. The highest BCUT2D eigenvalue weighted by molar-refractivity contribution is 7.80. The number of para-hydroxylation sites is 2. The molecule has 1 saturated heterocycles. The van der Waals surface area contributed by atoms with Crippen LogP contribution in [0.5, 0.6) is 5.75 Å². The highest BCUT2D eigenvalue weighted by atomic mass is 35.5. The molecule has 0 radical (unpaired) electrons. The van der Waals surface area contributed by atoms with Gasteiger partial charge in [-0.25, -0.2) is 0 Å². The first-order valence-corrected chi connectivity index (χ1v) is 8.68. The van der Waals surface area contributed by atoms with E-state index in [9.17, 15) is 4.79 Å². The summed E-state index contributed by atoms with van der Waals surface area (Å²) in [5, 5.41) is 10.2. The van der Waals surface area contributed by atoms with E-state index in [-0.39, 0.29) is 11.9 Å². The molecule has 0 saturated carbocycles. The second kappa shape index (κ2) is 5.89. The van der Waals surface area contributed by atoms with Gasteiger partial charge in [0.15, 0.2) is 10.8 Å². The summed E-state index contributed by atoms with van der Waals surface area (Å²) in [6.45, 7) is 1.83. The number of hydrogen-bond acceptors (Lipinski definition) is 3. The molecule has 2 aromatic carbocycles. The fraction of sp³-hybridized carbons (Fsp3) is 0.222. The maximum atomic E-state index is 13.1. The van der Waals surface area contributed by atoms with Crippen LogP contribution in [0.25, 0.3) is 0 Å². The molecule has 0 aromatic heterocycles. The second-order valence-corrected chi connectivity index (χ2v) is 7.09. The molecule has 3 unspecified atom stereocenters. The Morgan fingerprint density at radius 1 is 1.24 bits per heavy atom. The van der Waals surface area contributed by atoms with Crippen LogP contribution < -0.4 is 20.7 Å². The molecule has 3 N–H and O–H groups in total. The molecule has 2 bridgehead atoms. The summed E-state index contributed by atoms with van der Waals surface area (Å²) < 4.78 is 6.13. The van der Waals surface area contributed by atoms with Gasteiger partial charge in [-0.3, -0.25) is 4.79 Å². The lowest BCUT2D eigenvalue weighted by atomic mass is 9.80. The van der Waals surface area contributed by atoms with Crippen LogP contribution in [0, 0.1) is 5.92 Å². The summed E-state index contributed by atoms with van der Waals surface area (Å²) in [6.07, 6.45) is 0. The van der Waals surface area contributed by atoms with Crippen LogP contribution >= 0.6 is 23.8 Å². The molecule has 5 nitrogen and oxygen atoms in total. The number of fused-ring (bicyclic) bond motifs is 4. The number of carbonyl (C=O) groups excluding carboxylic acids is 1. The summed E-state index contributed by atoms with van der Waals surface area (Å²) in [4.78, 5) is 13.1. The van der Waals surface area contributed by atoms with Gasteiger partial charge in [0.05, 0.1) is 16.8 Å². The Kier molecular flexibility index (Phi) is 3.81. The Morgan fingerprint density at radius 2 is 1.96 bits per heavy atom. The minimum absolute atomic E-state index is 0.197. The van der Waals surface area contributed by atoms with Crippen LogP contribution in [0.1, 0.15) is 18.5 Å². The van der Waals surface area contributed by atoms with Crippen LogP contribution in [0.15, 0.2) is 48.5 Å². The number of rotatable bonds is 2. The van der Waals surface area contributed by atoms with E-state index in [2.05, 4.69) is 16.0 Å². The predicted molar refractivity (Wildman–Crippen MR) is 101 cm³/mol. The monoisotopic (exact) mass is 373 g/mol. The fourth-order valence-corrected chi connectivity index (χ4v) is 3.97. The molecule has 25 heavy (non-hydrogen) atoms. The SMILES string of the molecule is CC12NC(=S)NC(c3ccccc3O1)C2C(=O)Nc1ccccc1Cl. The fourth-order valence-electron chi connectivity index (χ4n) is 3.46. The van der Waals surface area contributed by atoms with Crippen molar-refractivity contribution in [1.82, 2.24) is 10.6 Å². The van der Waals surface area contributed by atoms with Crippen molar-refractivity contribution in [1.29, 1.82) is 0 Å². The molecule has 2 aliphatic rings. The molecular weight excluding hydrogens is 358 g/mol. The maximum Gasteiger partial charge on any atom is 0.236 e. The third kappa shape index (κ3) is 2.71. The van der Waals surface area contributed by atoms with E-state index in [1.54, 1.807) is 12.1 Å². The van der Waals surface area contributed by atoms with Crippen molar-refractivity contribution in [2.75, 3.05) is 5.32 Å². The molecule has 4 rings (SSSR count). The molecule has 128 valence electrons. The molecule has 7 heteroatoms. The first-order valence-electron chi connectivity index (χ1n) is 7.90. The third-order valence-electron chi connectivity index (χ3n) is 4.57. The van der Waals surface area contributed by atoms with Gasteiger partial charge >= 0.3 is 0 Å². The smallest absolute Gasteiger partial charge is 0.236 e. The normalized spacial score (nSPS) is 26.6. The highest BCUT2D eigenvalue weighted by Gasteiger charge is 2.54. The Hall–Kier alpha value is -2.31. The van der Waals surface area contributed by atoms with Crippen molar-refractivity contribution in [3.05, 3.63) is 59.1 Å². The molecule has 3 atom stereocenters. The summed E-state index contributed by atoms with van der Waals surface area (Å²) >= 11 is 11.5. The van der Waals surface area contributed by atoms with Gasteiger partial charge in [-0.1, -0.05) is 41.9 Å². The molecule has 0 aliphatic carbocycles. The van der Waals surface area contributed by atoms with Gasteiger partial charge in [0.2, 0.25) is 5.91 Å². The van der Waals surface area contributed by atoms with E-state index in [0.717, 1.165) is 11.3 Å². The van der Waals surface area contributed by atoms with Gasteiger partial charge < -0.3 is 20.7 Å². The van der Waals surface area contributed by atoms with Crippen molar-refractivity contribution in [2.45, 2.75) is 18.7 Å². The number of thiocarbonyl (C=S) groups is 1. The summed E-state index contributed by atoms with van der Waals surface area (Å²) in [5.74, 6) is 0.00210. The van der Waals surface area contributed by atoms with Gasteiger partial charge in [-0.15, -0.1) is 0 Å². The van der Waals surface area contributed by atoms with Crippen LogP contribution in [0.2, 0.25) is 5.02 Å². The van der Waals surface area contributed by atoms with Crippen molar-refractivity contribution in [3.63, 3.8) is 0 Å². The maximum absolute atomic E-state index is 13.1. The number of hydrogen-bond donors (Lipinski definition) is 3. The Labute approximate surface area is 155 Å². The van der Waals surface area contributed by atoms with E-state index in [4.69, 9.17) is 28.6 Å². The quantitative estimate of drug-likeness (QED) is 0.705. The molecule has 0 spiro atoms. The standard InChI is InChI=1S/C18H16ClN3O2S/c1-18-14(16(23)20-12-8-4-3-7-11(12)19)15(21-17(25)22-18)10-6-2-5-9-13(10)24-18/h2-9,14-15H,1H3,(H,20,23)(H2,21,22,25). The number of carbonyl (C=O) groups is 1. The topological polar surface area (TPSA) is 62.4 Å². The minimum Gasteiger partial charge on any atom is -0.467 e. The average Bonchev–Trinajstić information content (AvgIpc) is 2.55. The number of ether oxygens (including phenoxy) is 1. The third-order valence-corrected chi connectivity index (χ3v) is 5.11. The predicted octanol–water partition coefficient (Wildman–Crippen LogP) is 3.22. The van der Waals surface area contributed by atoms with Gasteiger partial charge in [0, 0.05) is 5.56 Å². The summed E-state index contributed by atoms with van der Waals surface area (Å²) in [7, 11) is 0. The zero-order chi connectivity index (χ0) is 17.6. The lowest BCUT2D eigenvalue weighted by molar-refractivity contribution is -0.132. The Balaban J connectivity index is 1.72. The van der Waals surface area contributed by atoms with Crippen LogP contribution in [0.3, 0.4) is 0 Å². The van der Waals surface area contributed by atoms with E-state index in [1.165, 1.54) is 0 Å². The van der Waals surface area contributed by atoms with Crippen LogP contribution in [-0.4, -0.2) is 16.7 Å². The Bertz CT molecular complexity index is 875. The van der Waals surface area contributed by atoms with Gasteiger partial charge in [-0.05, 0) is 37.3 Å². The molecule has 1 amide bonds. The number of halogens is 1. The van der Waals surface area contributed by atoms with Crippen molar-refractivity contribution >= 4 is 40.5 Å². The first-order chi connectivity index (χ1) is 12.0. The number of anilines is 1. The summed E-state index contributed by atoms with van der Waals surface area (Å²) in [5.41, 5.74) is 0.521. The molecular formula is C18H16ClN3O2S. The van der Waals surface area contributed by atoms with Crippen molar-refractivity contribution in [2.24, 2.45) is 5.92 Å². The van der Waals surface area contributed by atoms with E-state index < -0.39 is 11.6 Å². The van der Waals surface area contributed by atoms with Gasteiger partial charge in [-0.2, -0.15) is 0 Å². The largest absolute Gasteiger partial charge is 0.467 e. The van der Waals surface area contributed by atoms with E-state index >= 15 is 0 Å². The zero-order valence-electron chi connectivity index (χ0n) is 13.4. The van der Waals surface area contributed by atoms with E-state index in [0.29, 0.717) is 15.8 Å². The van der Waals surface area contributed by atoms with Crippen molar-refractivity contribution in [3.8, 4) is 5.75 Å². The summed E-state index contributed by atoms with van der Waals surface area (Å²) in [6, 6.07) is 14.5. The number of benzene rings is 2. The number of nitrogens with one attached hydrogen (secondary N) is 3.